The van der Waals surface area contributed by atoms with Crippen LogP contribution in [0.1, 0.15) is 13.3 Å². The van der Waals surface area contributed by atoms with Crippen molar-refractivity contribution < 1.29 is 27.4 Å². The lowest BCUT2D eigenvalue weighted by Crippen LogP contribution is -2.29. The highest BCUT2D eigenvalue weighted by Crippen LogP contribution is 2.16. The molecule has 0 amide bonds. The smallest absolute Gasteiger partial charge is 0.411 e. The fourth-order valence-corrected chi connectivity index (χ4v) is 0.679. The fraction of sp³-hybridized carbons (Fsp3) is 0.857. The maximum absolute atomic E-state index is 11.6. The van der Waals surface area contributed by atoms with Crippen LogP contribution in [-0.4, -0.2) is 32.0 Å². The first-order valence-corrected chi connectivity index (χ1v) is 3.67. The van der Waals surface area contributed by atoms with Gasteiger partial charge < -0.3 is 9.47 Å². The van der Waals surface area contributed by atoms with Crippen molar-refractivity contribution in [1.82, 2.24) is 0 Å². The Balaban J connectivity index is 3.93. The number of methoxy groups -OCH3 is 1. The van der Waals surface area contributed by atoms with E-state index in [1.807, 2.05) is 0 Å². The molecule has 0 fully saturated rings. The number of alkyl halides is 3. The van der Waals surface area contributed by atoms with Crippen LogP contribution in [0.3, 0.4) is 0 Å². The first kappa shape index (κ1) is 12.2. The topological polar surface area (TPSA) is 35.5 Å². The highest BCUT2D eigenvalue weighted by atomic mass is 19.4. The molecule has 0 aromatic carbocycles. The Morgan fingerprint density at radius 1 is 1.46 bits per heavy atom. The van der Waals surface area contributed by atoms with Crippen LogP contribution in [0.4, 0.5) is 13.2 Å². The molecule has 0 aromatic heterocycles. The summed E-state index contributed by atoms with van der Waals surface area (Å²) in [4.78, 5) is 10.7. The van der Waals surface area contributed by atoms with Gasteiger partial charge in [-0.25, -0.2) is 4.79 Å². The molecule has 1 unspecified atom stereocenters. The van der Waals surface area contributed by atoms with Crippen LogP contribution in [0, 0.1) is 0 Å². The molecule has 3 nitrogen and oxygen atoms in total. The Morgan fingerprint density at radius 3 is 2.31 bits per heavy atom. The number of ether oxygens (including phenoxy) is 2. The van der Waals surface area contributed by atoms with Crippen molar-refractivity contribution in [2.24, 2.45) is 0 Å². The number of hydrogen-bond acceptors (Lipinski definition) is 3. The van der Waals surface area contributed by atoms with Gasteiger partial charge in [0.05, 0.1) is 7.11 Å². The summed E-state index contributed by atoms with van der Waals surface area (Å²) < 4.78 is 43.5. The van der Waals surface area contributed by atoms with Crippen LogP contribution in [0.5, 0.6) is 0 Å². The number of carbonyl (C=O) groups is 1. The van der Waals surface area contributed by atoms with Crippen molar-refractivity contribution in [1.29, 1.82) is 0 Å². The van der Waals surface area contributed by atoms with Crippen molar-refractivity contribution in [3.63, 3.8) is 0 Å². The van der Waals surface area contributed by atoms with E-state index in [1.54, 1.807) is 0 Å². The van der Waals surface area contributed by atoms with Crippen LogP contribution in [0.2, 0.25) is 0 Å². The monoisotopic (exact) mass is 200 g/mol. The number of hydrogen-bond donors (Lipinski definition) is 0. The van der Waals surface area contributed by atoms with Gasteiger partial charge in [-0.2, -0.15) is 13.2 Å². The largest absolute Gasteiger partial charge is 0.467 e. The van der Waals surface area contributed by atoms with Gasteiger partial charge in [-0.15, -0.1) is 0 Å². The maximum Gasteiger partial charge on any atom is 0.411 e. The number of esters is 1. The van der Waals surface area contributed by atoms with Crippen molar-refractivity contribution in [3.05, 3.63) is 0 Å². The molecule has 0 saturated heterocycles. The summed E-state index contributed by atoms with van der Waals surface area (Å²) >= 11 is 0. The number of halogens is 3. The molecule has 13 heavy (non-hydrogen) atoms. The zero-order valence-corrected chi connectivity index (χ0v) is 7.35. The van der Waals surface area contributed by atoms with E-state index in [0.717, 1.165) is 7.11 Å². The lowest BCUT2D eigenvalue weighted by molar-refractivity contribution is -0.193. The van der Waals surface area contributed by atoms with Crippen molar-refractivity contribution in [2.75, 3.05) is 13.7 Å². The standard InChI is InChI=1S/C7H11F3O3/c1-3-5(6(11)12-2)13-4-7(8,9)10/h5H,3-4H2,1-2H3. The molecule has 1 atom stereocenters. The van der Waals surface area contributed by atoms with E-state index < -0.39 is 24.9 Å². The van der Waals surface area contributed by atoms with Crippen LogP contribution in [0.15, 0.2) is 0 Å². The SMILES string of the molecule is CCC(OCC(F)(F)F)C(=O)OC. The van der Waals surface area contributed by atoms with Gasteiger partial charge in [0.25, 0.3) is 0 Å². The zero-order chi connectivity index (χ0) is 10.5. The van der Waals surface area contributed by atoms with E-state index in [1.165, 1.54) is 6.92 Å². The summed E-state index contributed by atoms with van der Waals surface area (Å²) in [5.41, 5.74) is 0. The summed E-state index contributed by atoms with van der Waals surface area (Å²) in [5.74, 6) is -0.785. The van der Waals surface area contributed by atoms with Crippen molar-refractivity contribution in [3.8, 4) is 0 Å². The first-order valence-electron chi connectivity index (χ1n) is 3.67. The second-order valence-corrected chi connectivity index (χ2v) is 2.35. The lowest BCUT2D eigenvalue weighted by atomic mass is 10.3. The summed E-state index contributed by atoms with van der Waals surface area (Å²) in [6.45, 7) is 0.110. The second kappa shape index (κ2) is 5.06. The minimum Gasteiger partial charge on any atom is -0.467 e. The van der Waals surface area contributed by atoms with Crippen LogP contribution in [0.25, 0.3) is 0 Å². The Kier molecular flexibility index (Phi) is 4.76. The van der Waals surface area contributed by atoms with Gasteiger partial charge in [0.1, 0.15) is 6.61 Å². The van der Waals surface area contributed by atoms with Gasteiger partial charge in [-0.05, 0) is 6.42 Å². The van der Waals surface area contributed by atoms with Gasteiger partial charge >= 0.3 is 12.1 Å². The molecular formula is C7H11F3O3. The van der Waals surface area contributed by atoms with Gasteiger partial charge in [0.15, 0.2) is 6.10 Å². The van der Waals surface area contributed by atoms with Gasteiger partial charge in [0, 0.05) is 0 Å². The van der Waals surface area contributed by atoms with Crippen LogP contribution in [-0.2, 0) is 14.3 Å². The lowest BCUT2D eigenvalue weighted by Gasteiger charge is -2.14. The Bertz CT molecular complexity index is 167. The minimum absolute atomic E-state index is 0.156. The molecule has 0 aromatic rings. The summed E-state index contributed by atoms with van der Waals surface area (Å²) in [6, 6.07) is 0. The Hall–Kier alpha value is -0.780. The minimum atomic E-state index is -4.42. The van der Waals surface area contributed by atoms with Crippen LogP contribution >= 0.6 is 0 Å². The highest BCUT2D eigenvalue weighted by molar-refractivity contribution is 5.74. The molecular weight excluding hydrogens is 189 g/mol. The van der Waals surface area contributed by atoms with E-state index in [9.17, 15) is 18.0 Å². The van der Waals surface area contributed by atoms with Crippen LogP contribution < -0.4 is 0 Å². The third-order valence-electron chi connectivity index (χ3n) is 1.28. The molecule has 6 heteroatoms. The van der Waals surface area contributed by atoms with Crippen molar-refractivity contribution in [2.45, 2.75) is 25.6 Å². The normalized spacial score (nSPS) is 13.9. The average molecular weight is 200 g/mol. The molecule has 0 saturated carbocycles. The average Bonchev–Trinajstić information content (AvgIpc) is 2.03. The predicted molar refractivity (Wildman–Crippen MR) is 38.1 cm³/mol. The summed E-state index contributed by atoms with van der Waals surface area (Å²) in [7, 11) is 1.10. The van der Waals surface area contributed by atoms with Crippen molar-refractivity contribution >= 4 is 5.97 Å². The molecule has 0 aliphatic rings. The first-order chi connectivity index (χ1) is 5.90. The molecule has 0 N–H and O–H groups in total. The summed E-state index contributed by atoms with van der Waals surface area (Å²) in [6.07, 6.45) is -5.39. The molecule has 0 bridgehead atoms. The van der Waals surface area contributed by atoms with E-state index in [2.05, 4.69) is 9.47 Å². The quantitative estimate of drug-likeness (QED) is 0.645. The van der Waals surface area contributed by atoms with Gasteiger partial charge in [-0.3, -0.25) is 0 Å². The fourth-order valence-electron chi connectivity index (χ4n) is 0.679. The Morgan fingerprint density at radius 2 is 2.00 bits per heavy atom. The molecule has 0 aliphatic carbocycles. The number of carbonyl (C=O) groups excluding carboxylic acids is 1. The summed E-state index contributed by atoms with van der Waals surface area (Å²) in [5, 5.41) is 0. The van der Waals surface area contributed by atoms with Gasteiger partial charge in [-0.1, -0.05) is 6.92 Å². The molecule has 0 heterocycles. The molecule has 0 radical (unpaired) electrons. The van der Waals surface area contributed by atoms with E-state index in [0.29, 0.717) is 0 Å². The van der Waals surface area contributed by atoms with E-state index in [-0.39, 0.29) is 6.42 Å². The maximum atomic E-state index is 11.6. The molecule has 0 rings (SSSR count). The van der Waals surface area contributed by atoms with E-state index in [4.69, 9.17) is 0 Å². The third-order valence-corrected chi connectivity index (χ3v) is 1.28. The predicted octanol–water partition coefficient (Wildman–Crippen LogP) is 1.52. The van der Waals surface area contributed by atoms with E-state index >= 15 is 0 Å². The highest BCUT2D eigenvalue weighted by Gasteiger charge is 2.30. The second-order valence-electron chi connectivity index (χ2n) is 2.35. The third kappa shape index (κ3) is 5.46. The Labute approximate surface area is 73.8 Å². The van der Waals surface area contributed by atoms with Gasteiger partial charge in [0.2, 0.25) is 0 Å². The molecule has 78 valence electrons. The molecule has 0 aliphatic heterocycles. The molecule has 0 spiro atoms. The zero-order valence-electron chi connectivity index (χ0n) is 7.35. The number of rotatable bonds is 4.